The van der Waals surface area contributed by atoms with Gasteiger partial charge in [0.05, 0.1) is 10.6 Å². The second kappa shape index (κ2) is 5.61. The zero-order valence-corrected chi connectivity index (χ0v) is 12.5. The van der Waals surface area contributed by atoms with Gasteiger partial charge < -0.3 is 9.84 Å². The Kier molecular flexibility index (Phi) is 3.86. The van der Waals surface area contributed by atoms with Crippen LogP contribution in [-0.4, -0.2) is 23.2 Å². The molecule has 1 atom stereocenters. The number of piperidine rings is 1. The van der Waals surface area contributed by atoms with Gasteiger partial charge in [0.1, 0.15) is 0 Å². The molecule has 19 heavy (non-hydrogen) atoms. The fourth-order valence-electron chi connectivity index (χ4n) is 2.24. The molecule has 6 heteroatoms. The Morgan fingerprint density at radius 3 is 3.11 bits per heavy atom. The first-order valence-electron chi connectivity index (χ1n) is 6.24. The first-order valence-corrected chi connectivity index (χ1v) is 7.41. The maximum atomic E-state index is 6.16. The molecule has 1 fully saturated rings. The Morgan fingerprint density at radius 2 is 2.32 bits per heavy atom. The molecule has 1 aromatic heterocycles. The van der Waals surface area contributed by atoms with Gasteiger partial charge in [-0.2, -0.15) is 4.98 Å². The van der Waals surface area contributed by atoms with Crippen LogP contribution in [0.3, 0.4) is 0 Å². The third-order valence-corrected chi connectivity index (χ3v) is 4.09. The molecule has 0 saturated carbocycles. The van der Waals surface area contributed by atoms with Crippen LogP contribution in [-0.2, 0) is 0 Å². The minimum atomic E-state index is 0.331. The topological polar surface area (TPSA) is 51.0 Å². The van der Waals surface area contributed by atoms with Gasteiger partial charge in [0, 0.05) is 16.9 Å². The van der Waals surface area contributed by atoms with Gasteiger partial charge in [0.15, 0.2) is 5.82 Å². The van der Waals surface area contributed by atoms with E-state index in [2.05, 4.69) is 31.4 Å². The van der Waals surface area contributed by atoms with Gasteiger partial charge in [-0.3, -0.25) is 0 Å². The average Bonchev–Trinajstić information content (AvgIpc) is 2.92. The van der Waals surface area contributed by atoms with Crippen molar-refractivity contribution in [2.45, 2.75) is 18.8 Å². The van der Waals surface area contributed by atoms with Crippen LogP contribution >= 0.6 is 27.5 Å². The van der Waals surface area contributed by atoms with Crippen molar-refractivity contribution in [1.82, 2.24) is 15.5 Å². The maximum absolute atomic E-state index is 6.16. The normalized spacial score (nSPS) is 19.6. The van der Waals surface area contributed by atoms with Crippen molar-refractivity contribution in [3.8, 4) is 11.5 Å². The average molecular weight is 343 g/mol. The minimum Gasteiger partial charge on any atom is -0.334 e. The summed E-state index contributed by atoms with van der Waals surface area (Å²) in [4.78, 5) is 4.48. The maximum Gasteiger partial charge on any atom is 0.259 e. The summed E-state index contributed by atoms with van der Waals surface area (Å²) in [7, 11) is 0. The van der Waals surface area contributed by atoms with Crippen molar-refractivity contribution < 1.29 is 4.52 Å². The fraction of sp³-hybridized carbons (Fsp3) is 0.385. The molecule has 2 aromatic rings. The largest absolute Gasteiger partial charge is 0.334 e. The minimum absolute atomic E-state index is 0.331. The molecule has 0 aliphatic carbocycles. The van der Waals surface area contributed by atoms with E-state index in [0.29, 0.717) is 16.8 Å². The van der Waals surface area contributed by atoms with Crippen molar-refractivity contribution in [2.24, 2.45) is 0 Å². The van der Waals surface area contributed by atoms with Crippen molar-refractivity contribution in [3.63, 3.8) is 0 Å². The van der Waals surface area contributed by atoms with Gasteiger partial charge in [0.2, 0.25) is 0 Å². The Labute approximate surface area is 124 Å². The quantitative estimate of drug-likeness (QED) is 0.905. The van der Waals surface area contributed by atoms with Gasteiger partial charge in [-0.25, -0.2) is 0 Å². The molecular formula is C13H13BrClN3O. The highest BCUT2D eigenvalue weighted by Crippen LogP contribution is 2.31. The molecule has 0 radical (unpaired) electrons. The summed E-state index contributed by atoms with van der Waals surface area (Å²) in [5.74, 6) is 1.57. The predicted molar refractivity (Wildman–Crippen MR) is 77.3 cm³/mol. The van der Waals surface area contributed by atoms with Gasteiger partial charge in [-0.15, -0.1) is 0 Å². The third-order valence-electron chi connectivity index (χ3n) is 3.26. The number of aromatic nitrogens is 2. The summed E-state index contributed by atoms with van der Waals surface area (Å²) < 4.78 is 6.28. The highest BCUT2D eigenvalue weighted by molar-refractivity contribution is 9.10. The molecule has 1 aliphatic rings. The molecule has 0 bridgehead atoms. The van der Waals surface area contributed by atoms with Gasteiger partial charge in [0.25, 0.3) is 5.89 Å². The number of nitrogens with one attached hydrogen (secondary N) is 1. The number of hydrogen-bond donors (Lipinski definition) is 1. The summed E-state index contributed by atoms with van der Waals surface area (Å²) in [5, 5.41) is 8.05. The van der Waals surface area contributed by atoms with Crippen molar-refractivity contribution in [3.05, 3.63) is 33.5 Å². The Morgan fingerprint density at radius 1 is 1.42 bits per heavy atom. The second-order valence-corrected chi connectivity index (χ2v) is 5.95. The number of benzene rings is 1. The van der Waals surface area contributed by atoms with Crippen LogP contribution in [0.5, 0.6) is 0 Å². The van der Waals surface area contributed by atoms with E-state index in [1.54, 1.807) is 0 Å². The summed E-state index contributed by atoms with van der Waals surface area (Å²) in [6, 6.07) is 5.58. The highest BCUT2D eigenvalue weighted by Gasteiger charge is 2.21. The number of nitrogens with zero attached hydrogens (tertiary/aromatic N) is 2. The molecule has 1 aliphatic heterocycles. The number of halogens is 2. The van der Waals surface area contributed by atoms with E-state index in [1.807, 2.05) is 18.2 Å². The predicted octanol–water partition coefficient (Wildman–Crippen LogP) is 3.62. The Balaban J connectivity index is 1.89. The molecule has 1 aromatic carbocycles. The first kappa shape index (κ1) is 13.1. The summed E-state index contributed by atoms with van der Waals surface area (Å²) in [6.07, 6.45) is 2.24. The van der Waals surface area contributed by atoms with E-state index in [-0.39, 0.29) is 0 Å². The molecule has 0 amide bonds. The molecule has 1 N–H and O–H groups in total. The fourth-order valence-corrected chi connectivity index (χ4v) is 2.80. The van der Waals surface area contributed by atoms with Gasteiger partial charge in [-0.1, -0.05) is 32.7 Å². The van der Waals surface area contributed by atoms with Crippen LogP contribution < -0.4 is 5.32 Å². The Bertz CT molecular complexity index is 581. The first-order chi connectivity index (χ1) is 9.24. The van der Waals surface area contributed by atoms with Crippen molar-refractivity contribution >= 4 is 27.5 Å². The SMILES string of the molecule is Clc1ccc(Br)cc1-c1nc(C2CCCNC2)no1. The van der Waals surface area contributed by atoms with Crippen LogP contribution in [0.1, 0.15) is 24.6 Å². The molecular weight excluding hydrogens is 330 g/mol. The molecule has 0 spiro atoms. The van der Waals surface area contributed by atoms with Crippen LogP contribution in [0.25, 0.3) is 11.5 Å². The highest BCUT2D eigenvalue weighted by atomic mass is 79.9. The summed E-state index contributed by atoms with van der Waals surface area (Å²) in [6.45, 7) is 1.98. The van der Waals surface area contributed by atoms with Crippen LogP contribution in [0.2, 0.25) is 5.02 Å². The molecule has 2 heterocycles. The van der Waals surface area contributed by atoms with E-state index >= 15 is 0 Å². The zero-order chi connectivity index (χ0) is 13.2. The Hall–Kier alpha value is -0.910. The van der Waals surface area contributed by atoms with E-state index in [9.17, 15) is 0 Å². The van der Waals surface area contributed by atoms with Crippen LogP contribution in [0.4, 0.5) is 0 Å². The number of rotatable bonds is 2. The molecule has 1 unspecified atom stereocenters. The van der Waals surface area contributed by atoms with E-state index in [1.165, 1.54) is 0 Å². The standard InChI is InChI=1S/C13H13BrClN3O/c14-9-3-4-11(15)10(6-9)13-17-12(18-19-13)8-2-1-5-16-7-8/h3-4,6,8,16H,1-2,5,7H2. The molecule has 100 valence electrons. The van der Waals surface area contributed by atoms with Gasteiger partial charge >= 0.3 is 0 Å². The summed E-state index contributed by atoms with van der Waals surface area (Å²) in [5.41, 5.74) is 0.763. The summed E-state index contributed by atoms with van der Waals surface area (Å²) >= 11 is 9.58. The number of hydrogen-bond acceptors (Lipinski definition) is 4. The lowest BCUT2D eigenvalue weighted by molar-refractivity contribution is 0.393. The van der Waals surface area contributed by atoms with E-state index in [0.717, 1.165) is 41.8 Å². The second-order valence-electron chi connectivity index (χ2n) is 4.63. The zero-order valence-electron chi connectivity index (χ0n) is 10.2. The molecule has 4 nitrogen and oxygen atoms in total. The van der Waals surface area contributed by atoms with Crippen LogP contribution in [0, 0.1) is 0 Å². The van der Waals surface area contributed by atoms with Crippen molar-refractivity contribution in [2.75, 3.05) is 13.1 Å². The van der Waals surface area contributed by atoms with E-state index in [4.69, 9.17) is 16.1 Å². The van der Waals surface area contributed by atoms with Crippen LogP contribution in [0.15, 0.2) is 27.2 Å². The van der Waals surface area contributed by atoms with Gasteiger partial charge in [-0.05, 0) is 37.6 Å². The molecule has 1 saturated heterocycles. The third kappa shape index (κ3) is 2.83. The smallest absolute Gasteiger partial charge is 0.259 e. The van der Waals surface area contributed by atoms with Crippen molar-refractivity contribution in [1.29, 1.82) is 0 Å². The van der Waals surface area contributed by atoms with E-state index < -0.39 is 0 Å². The lowest BCUT2D eigenvalue weighted by Crippen LogP contribution is -2.28. The lowest BCUT2D eigenvalue weighted by Gasteiger charge is -2.19. The monoisotopic (exact) mass is 341 g/mol. The molecule has 3 rings (SSSR count). The lowest BCUT2D eigenvalue weighted by atomic mass is 9.99.